The number of ether oxygens (including phenoxy) is 1. The molecule has 1 aromatic carbocycles. The topological polar surface area (TPSA) is 55.4 Å². The number of Topliss-reactive ketones (excluding diaryl/α,β-unsaturated/α-hetero) is 1. The first-order valence-electron chi connectivity index (χ1n) is 10.9. The van der Waals surface area contributed by atoms with Gasteiger partial charge in [0.15, 0.2) is 0 Å². The maximum absolute atomic E-state index is 14.1. The fourth-order valence-corrected chi connectivity index (χ4v) is 5.19. The smallest absolute Gasteiger partial charge is 0.336 e. The van der Waals surface area contributed by atoms with Crippen molar-refractivity contribution in [2.24, 2.45) is 11.3 Å². The Balaban J connectivity index is 1.77. The average molecular weight is 412 g/mol. The van der Waals surface area contributed by atoms with E-state index in [2.05, 4.69) is 11.4 Å². The van der Waals surface area contributed by atoms with Gasteiger partial charge in [-0.25, -0.2) is 9.18 Å². The van der Waals surface area contributed by atoms with Crippen LogP contribution >= 0.6 is 0 Å². The second-order valence-electron chi connectivity index (χ2n) is 9.57. The van der Waals surface area contributed by atoms with Gasteiger partial charge in [-0.2, -0.15) is 0 Å². The van der Waals surface area contributed by atoms with E-state index in [1.165, 1.54) is 18.6 Å². The number of carbonyl (C=O) groups is 2. The van der Waals surface area contributed by atoms with Crippen molar-refractivity contribution in [2.45, 2.75) is 71.3 Å². The number of esters is 1. The number of ketones is 1. The Labute approximate surface area is 177 Å². The summed E-state index contributed by atoms with van der Waals surface area (Å²) in [5, 5.41) is 3.31. The van der Waals surface area contributed by atoms with E-state index in [1.54, 1.807) is 12.1 Å². The Hall–Kier alpha value is -2.43. The zero-order chi connectivity index (χ0) is 21.5. The first-order chi connectivity index (χ1) is 14.2. The van der Waals surface area contributed by atoms with E-state index in [4.69, 9.17) is 4.74 Å². The van der Waals surface area contributed by atoms with Gasteiger partial charge in [-0.05, 0) is 55.7 Å². The van der Waals surface area contributed by atoms with E-state index in [0.29, 0.717) is 23.3 Å². The van der Waals surface area contributed by atoms with E-state index in [-0.39, 0.29) is 23.1 Å². The van der Waals surface area contributed by atoms with Crippen molar-refractivity contribution in [3.05, 3.63) is 58.7 Å². The van der Waals surface area contributed by atoms with Crippen molar-refractivity contribution in [1.82, 2.24) is 5.32 Å². The van der Waals surface area contributed by atoms with E-state index >= 15 is 0 Å². The van der Waals surface area contributed by atoms with Gasteiger partial charge in [-0.15, -0.1) is 0 Å². The lowest BCUT2D eigenvalue weighted by molar-refractivity contribution is -0.146. The maximum Gasteiger partial charge on any atom is 0.336 e. The number of nitrogens with one attached hydrogen (secondary N) is 1. The lowest BCUT2D eigenvalue weighted by Crippen LogP contribution is -2.44. The Morgan fingerprint density at radius 1 is 1.17 bits per heavy atom. The number of benzene rings is 1. The molecule has 0 amide bonds. The lowest BCUT2D eigenvalue weighted by atomic mass is 9.66. The highest BCUT2D eigenvalue weighted by molar-refractivity contribution is 5.96. The summed E-state index contributed by atoms with van der Waals surface area (Å²) in [6.07, 6.45) is 7.42. The van der Waals surface area contributed by atoms with Crippen molar-refractivity contribution < 1.29 is 18.7 Å². The molecule has 0 saturated heterocycles. The van der Waals surface area contributed by atoms with Gasteiger partial charge in [-0.1, -0.05) is 38.5 Å². The minimum Gasteiger partial charge on any atom is -0.459 e. The minimum absolute atomic E-state index is 0.0646. The molecule has 5 heteroatoms. The summed E-state index contributed by atoms with van der Waals surface area (Å²) in [4.78, 5) is 26.5. The predicted molar refractivity (Wildman–Crippen MR) is 113 cm³/mol. The lowest BCUT2D eigenvalue weighted by Gasteiger charge is -2.41. The molecule has 1 aliphatic heterocycles. The van der Waals surface area contributed by atoms with E-state index in [9.17, 15) is 14.0 Å². The molecule has 1 N–H and O–H groups in total. The van der Waals surface area contributed by atoms with E-state index in [0.717, 1.165) is 31.4 Å². The van der Waals surface area contributed by atoms with Gasteiger partial charge in [0.2, 0.25) is 0 Å². The molecule has 1 aromatic rings. The maximum atomic E-state index is 14.1. The number of rotatable bonds is 3. The standard InChI is InChI=1S/C25H30FNO3/c1-15-21(24(29)30-18-10-5-4-6-11-18)22(16-8-7-9-17(26)12-16)23-19(27-15)13-25(2,3)14-20(23)28/h7-9,12-13,18,22-23,27H,4-6,10-11,14H2,1-3H3. The number of carbonyl (C=O) groups excluding carboxylic acids is 2. The largest absolute Gasteiger partial charge is 0.459 e. The van der Waals surface area contributed by atoms with Crippen molar-refractivity contribution in [1.29, 1.82) is 0 Å². The monoisotopic (exact) mass is 411 g/mol. The molecule has 4 nitrogen and oxygen atoms in total. The average Bonchev–Trinajstić information content (AvgIpc) is 2.66. The summed E-state index contributed by atoms with van der Waals surface area (Å²) in [5.41, 5.74) is 2.30. The Bertz CT molecular complexity index is 924. The summed E-state index contributed by atoms with van der Waals surface area (Å²) in [6.45, 7) is 5.89. The SMILES string of the molecule is CC1=C(C(=O)OC2CCCCC2)C(c2cccc(F)c2)C2C(=O)CC(C)(C)C=C2N1. The molecule has 3 aliphatic rings. The van der Waals surface area contributed by atoms with Gasteiger partial charge in [0.05, 0.1) is 11.5 Å². The summed E-state index contributed by atoms with van der Waals surface area (Å²) in [5.74, 6) is -1.78. The van der Waals surface area contributed by atoms with Gasteiger partial charge in [0, 0.05) is 23.7 Å². The van der Waals surface area contributed by atoms with Gasteiger partial charge < -0.3 is 10.1 Å². The second-order valence-corrected chi connectivity index (χ2v) is 9.57. The molecule has 30 heavy (non-hydrogen) atoms. The Kier molecular flexibility index (Phi) is 5.56. The molecule has 0 bridgehead atoms. The highest BCUT2D eigenvalue weighted by Gasteiger charge is 2.46. The van der Waals surface area contributed by atoms with Crippen LogP contribution in [0.1, 0.15) is 70.8 Å². The number of allylic oxidation sites excluding steroid dienone is 3. The molecule has 2 unspecified atom stereocenters. The molecule has 0 spiro atoms. The normalized spacial score (nSPS) is 26.5. The molecule has 160 valence electrons. The molecular weight excluding hydrogens is 381 g/mol. The van der Waals surface area contributed by atoms with Crippen molar-refractivity contribution in [3.8, 4) is 0 Å². The van der Waals surface area contributed by atoms with Gasteiger partial charge >= 0.3 is 5.97 Å². The molecule has 1 fully saturated rings. The summed E-state index contributed by atoms with van der Waals surface area (Å²) in [7, 11) is 0. The fraction of sp³-hybridized carbons (Fsp3) is 0.520. The van der Waals surface area contributed by atoms with Crippen LogP contribution in [0.2, 0.25) is 0 Å². The third-order valence-corrected chi connectivity index (χ3v) is 6.49. The van der Waals surface area contributed by atoms with Gasteiger partial charge in [0.25, 0.3) is 0 Å². The van der Waals surface area contributed by atoms with Crippen LogP contribution in [0.5, 0.6) is 0 Å². The third-order valence-electron chi connectivity index (χ3n) is 6.49. The molecule has 1 heterocycles. The first-order valence-corrected chi connectivity index (χ1v) is 10.9. The molecule has 0 aromatic heterocycles. The van der Waals surface area contributed by atoms with Crippen molar-refractivity contribution >= 4 is 11.8 Å². The van der Waals surface area contributed by atoms with Crippen LogP contribution in [0.4, 0.5) is 4.39 Å². The zero-order valence-corrected chi connectivity index (χ0v) is 18.0. The van der Waals surface area contributed by atoms with Crippen molar-refractivity contribution in [3.63, 3.8) is 0 Å². The number of fused-ring (bicyclic) bond motifs is 1. The van der Waals surface area contributed by atoms with Crippen LogP contribution in [0.15, 0.2) is 47.3 Å². The molecule has 0 radical (unpaired) electrons. The number of hydrogen-bond donors (Lipinski definition) is 1. The highest BCUT2D eigenvalue weighted by Crippen LogP contribution is 2.47. The van der Waals surface area contributed by atoms with Crippen LogP contribution < -0.4 is 5.32 Å². The summed E-state index contributed by atoms with van der Waals surface area (Å²) < 4.78 is 20.0. The quantitative estimate of drug-likeness (QED) is 0.698. The molecule has 1 saturated carbocycles. The van der Waals surface area contributed by atoms with Gasteiger partial charge in [-0.3, -0.25) is 4.79 Å². The fourth-order valence-electron chi connectivity index (χ4n) is 5.19. The minimum atomic E-state index is -0.548. The highest BCUT2D eigenvalue weighted by atomic mass is 19.1. The van der Waals surface area contributed by atoms with E-state index in [1.807, 2.05) is 20.8 Å². The van der Waals surface area contributed by atoms with Crippen LogP contribution in [-0.2, 0) is 14.3 Å². The second kappa shape index (κ2) is 8.01. The zero-order valence-electron chi connectivity index (χ0n) is 18.0. The van der Waals surface area contributed by atoms with Crippen LogP contribution in [0.3, 0.4) is 0 Å². The molecule has 4 rings (SSSR count). The van der Waals surface area contributed by atoms with E-state index < -0.39 is 17.8 Å². The van der Waals surface area contributed by atoms with Gasteiger partial charge in [0.1, 0.15) is 17.7 Å². The van der Waals surface area contributed by atoms with Crippen LogP contribution in [0, 0.1) is 17.2 Å². The third kappa shape index (κ3) is 4.07. The predicted octanol–water partition coefficient (Wildman–Crippen LogP) is 5.16. The molecule has 2 atom stereocenters. The molecule has 2 aliphatic carbocycles. The van der Waals surface area contributed by atoms with Crippen molar-refractivity contribution in [2.75, 3.05) is 0 Å². The number of halogens is 1. The van der Waals surface area contributed by atoms with Crippen LogP contribution in [-0.4, -0.2) is 17.9 Å². The number of hydrogen-bond acceptors (Lipinski definition) is 4. The van der Waals surface area contributed by atoms with Crippen LogP contribution in [0.25, 0.3) is 0 Å². The summed E-state index contributed by atoms with van der Waals surface area (Å²) >= 11 is 0. The Morgan fingerprint density at radius 2 is 1.90 bits per heavy atom. The summed E-state index contributed by atoms with van der Waals surface area (Å²) in [6, 6.07) is 6.24. The first kappa shape index (κ1) is 20.8. The molecular formula is C25H30FNO3. The Morgan fingerprint density at radius 3 is 2.60 bits per heavy atom.